The van der Waals surface area contributed by atoms with Crippen LogP contribution in [-0.4, -0.2) is 24.8 Å². The number of carbonyl (C=O) groups is 1. The number of hydrogen-bond donors (Lipinski definition) is 0. The van der Waals surface area contributed by atoms with E-state index in [1.54, 1.807) is 0 Å². The zero-order valence-corrected chi connectivity index (χ0v) is 11.7. The average molecular weight is 252 g/mol. The second-order valence-electron chi connectivity index (χ2n) is 6.43. The Hall–Kier alpha value is -0.830. The van der Waals surface area contributed by atoms with Crippen LogP contribution in [0.1, 0.15) is 52.9 Å². The highest BCUT2D eigenvalue weighted by molar-refractivity contribution is 5.70. The van der Waals surface area contributed by atoms with E-state index < -0.39 is 0 Å². The van der Waals surface area contributed by atoms with Gasteiger partial charge >= 0.3 is 5.97 Å². The first-order chi connectivity index (χ1) is 8.44. The van der Waals surface area contributed by atoms with Gasteiger partial charge in [0.05, 0.1) is 12.5 Å². The van der Waals surface area contributed by atoms with Gasteiger partial charge in [0.25, 0.3) is 0 Å². The van der Waals surface area contributed by atoms with Crippen LogP contribution in [0.4, 0.5) is 0 Å². The Labute approximate surface area is 110 Å². The van der Waals surface area contributed by atoms with Gasteiger partial charge in [-0.25, -0.2) is 0 Å². The van der Waals surface area contributed by atoms with E-state index in [1.807, 2.05) is 0 Å². The van der Waals surface area contributed by atoms with E-state index in [0.29, 0.717) is 6.42 Å². The highest BCUT2D eigenvalue weighted by Gasteiger charge is 2.30. The summed E-state index contributed by atoms with van der Waals surface area (Å²) in [6.07, 6.45) is 6.59. The molecule has 2 aliphatic rings. The summed E-state index contributed by atoms with van der Waals surface area (Å²) < 4.78 is 11.0. The van der Waals surface area contributed by atoms with Crippen molar-refractivity contribution in [3.05, 3.63) is 11.6 Å². The van der Waals surface area contributed by atoms with Crippen molar-refractivity contribution in [3.8, 4) is 0 Å². The molecule has 0 saturated carbocycles. The molecule has 0 unspecified atom stereocenters. The van der Waals surface area contributed by atoms with E-state index >= 15 is 0 Å². The maximum Gasteiger partial charge on any atom is 0.309 e. The average Bonchev–Trinajstić information content (AvgIpc) is 2.66. The highest BCUT2D eigenvalue weighted by atomic mass is 16.5. The molecule has 1 aliphatic heterocycles. The maximum atomic E-state index is 11.9. The van der Waals surface area contributed by atoms with E-state index in [9.17, 15) is 4.79 Å². The van der Waals surface area contributed by atoms with Crippen LogP contribution < -0.4 is 0 Å². The van der Waals surface area contributed by atoms with E-state index in [0.717, 1.165) is 32.3 Å². The first-order valence-electron chi connectivity index (χ1n) is 6.93. The molecular formula is C15H24O3. The van der Waals surface area contributed by atoms with Crippen LogP contribution in [0.3, 0.4) is 0 Å². The summed E-state index contributed by atoms with van der Waals surface area (Å²) in [5.74, 6) is -0.117. The van der Waals surface area contributed by atoms with Gasteiger partial charge < -0.3 is 9.47 Å². The molecule has 2 atom stereocenters. The summed E-state index contributed by atoms with van der Waals surface area (Å²) >= 11 is 0. The monoisotopic (exact) mass is 252 g/mol. The molecule has 0 aromatic heterocycles. The summed E-state index contributed by atoms with van der Waals surface area (Å²) in [5.41, 5.74) is 1.55. The Morgan fingerprint density at radius 3 is 2.94 bits per heavy atom. The molecule has 1 aliphatic carbocycles. The minimum absolute atomic E-state index is 0.0531. The quantitative estimate of drug-likeness (QED) is 0.571. The van der Waals surface area contributed by atoms with Crippen LogP contribution in [0, 0.1) is 5.41 Å². The van der Waals surface area contributed by atoms with Gasteiger partial charge in [-0.05, 0) is 44.1 Å². The molecule has 2 rings (SSSR count). The largest absolute Gasteiger partial charge is 0.458 e. The topological polar surface area (TPSA) is 35.5 Å². The molecule has 0 aromatic rings. The highest BCUT2D eigenvalue weighted by Crippen LogP contribution is 2.36. The third-order valence-electron chi connectivity index (χ3n) is 3.68. The Kier molecular flexibility index (Phi) is 4.10. The van der Waals surface area contributed by atoms with Crippen molar-refractivity contribution in [2.75, 3.05) is 6.61 Å². The lowest BCUT2D eigenvalue weighted by Gasteiger charge is -2.33. The Morgan fingerprint density at radius 2 is 2.33 bits per heavy atom. The third kappa shape index (κ3) is 3.84. The molecule has 0 spiro atoms. The minimum atomic E-state index is -0.117. The molecule has 0 bridgehead atoms. The minimum Gasteiger partial charge on any atom is -0.458 e. The van der Waals surface area contributed by atoms with Crippen LogP contribution in [0.5, 0.6) is 0 Å². The summed E-state index contributed by atoms with van der Waals surface area (Å²) in [6.45, 7) is 7.35. The van der Waals surface area contributed by atoms with E-state index in [2.05, 4.69) is 26.8 Å². The number of allylic oxidation sites excluding steroid dienone is 1. The molecule has 18 heavy (non-hydrogen) atoms. The number of carbonyl (C=O) groups excluding carboxylic acids is 1. The number of rotatable bonds is 3. The van der Waals surface area contributed by atoms with Crippen molar-refractivity contribution >= 4 is 5.97 Å². The molecule has 0 amide bonds. The first-order valence-corrected chi connectivity index (χ1v) is 6.93. The number of hydrogen-bond acceptors (Lipinski definition) is 3. The molecule has 102 valence electrons. The van der Waals surface area contributed by atoms with Gasteiger partial charge in [0, 0.05) is 6.61 Å². The van der Waals surface area contributed by atoms with Gasteiger partial charge in [0.2, 0.25) is 0 Å². The van der Waals surface area contributed by atoms with Gasteiger partial charge in [-0.3, -0.25) is 4.79 Å². The smallest absolute Gasteiger partial charge is 0.309 e. The molecule has 0 aromatic carbocycles. The van der Waals surface area contributed by atoms with Crippen molar-refractivity contribution in [2.24, 2.45) is 5.41 Å². The Morgan fingerprint density at radius 1 is 1.56 bits per heavy atom. The molecule has 0 radical (unpaired) electrons. The van der Waals surface area contributed by atoms with Crippen molar-refractivity contribution < 1.29 is 14.3 Å². The second kappa shape index (κ2) is 5.43. The fourth-order valence-corrected chi connectivity index (χ4v) is 3.09. The number of esters is 1. The summed E-state index contributed by atoms with van der Waals surface area (Å²) in [7, 11) is 0. The van der Waals surface area contributed by atoms with Crippen LogP contribution >= 0.6 is 0 Å². The molecule has 1 heterocycles. The maximum absolute atomic E-state index is 11.9. The number of ether oxygens (including phenoxy) is 2. The lowest BCUT2D eigenvalue weighted by Crippen LogP contribution is -2.29. The van der Waals surface area contributed by atoms with E-state index in [-0.39, 0.29) is 23.6 Å². The Balaban J connectivity index is 1.84. The predicted molar refractivity (Wildman–Crippen MR) is 70.2 cm³/mol. The van der Waals surface area contributed by atoms with Gasteiger partial charge in [-0.2, -0.15) is 0 Å². The molecule has 3 heteroatoms. The predicted octanol–water partition coefficient (Wildman–Crippen LogP) is 3.23. The molecule has 1 saturated heterocycles. The van der Waals surface area contributed by atoms with Gasteiger partial charge in [0.1, 0.15) is 6.10 Å². The Bertz CT molecular complexity index is 338. The molecular weight excluding hydrogens is 228 g/mol. The van der Waals surface area contributed by atoms with Crippen molar-refractivity contribution in [2.45, 2.75) is 65.1 Å². The lowest BCUT2D eigenvalue weighted by atomic mass is 9.76. The standard InChI is InChI=1S/C15H24O3/c1-11-7-13(10-15(2,3)9-11)18-14(16)8-12-5-4-6-17-12/h7,12-13H,4-6,8-10H2,1-3H3/t12-,13-/m0/s1. The summed E-state index contributed by atoms with van der Waals surface area (Å²) in [4.78, 5) is 11.9. The van der Waals surface area contributed by atoms with Crippen LogP contribution in [0.15, 0.2) is 11.6 Å². The molecule has 1 fully saturated rings. The van der Waals surface area contributed by atoms with Crippen molar-refractivity contribution in [1.82, 2.24) is 0 Å². The van der Waals surface area contributed by atoms with Crippen LogP contribution in [0.2, 0.25) is 0 Å². The van der Waals surface area contributed by atoms with E-state index in [4.69, 9.17) is 9.47 Å². The van der Waals surface area contributed by atoms with Gasteiger partial charge in [0.15, 0.2) is 0 Å². The zero-order chi connectivity index (χ0) is 13.2. The van der Waals surface area contributed by atoms with Crippen molar-refractivity contribution in [1.29, 1.82) is 0 Å². The third-order valence-corrected chi connectivity index (χ3v) is 3.68. The summed E-state index contributed by atoms with van der Waals surface area (Å²) in [6, 6.07) is 0. The fraction of sp³-hybridized carbons (Fsp3) is 0.800. The van der Waals surface area contributed by atoms with Crippen LogP contribution in [-0.2, 0) is 14.3 Å². The molecule has 3 nitrogen and oxygen atoms in total. The van der Waals surface area contributed by atoms with E-state index in [1.165, 1.54) is 5.57 Å². The van der Waals surface area contributed by atoms with Crippen molar-refractivity contribution in [3.63, 3.8) is 0 Å². The zero-order valence-electron chi connectivity index (χ0n) is 11.7. The molecule has 0 N–H and O–H groups in total. The lowest BCUT2D eigenvalue weighted by molar-refractivity contribution is -0.150. The van der Waals surface area contributed by atoms with Crippen LogP contribution in [0.25, 0.3) is 0 Å². The first kappa shape index (κ1) is 13.6. The summed E-state index contributed by atoms with van der Waals surface area (Å²) in [5, 5.41) is 0. The van der Waals surface area contributed by atoms with Gasteiger partial charge in [-0.1, -0.05) is 19.4 Å². The second-order valence-corrected chi connectivity index (χ2v) is 6.43. The fourth-order valence-electron chi connectivity index (χ4n) is 3.09. The van der Waals surface area contributed by atoms with Gasteiger partial charge in [-0.15, -0.1) is 0 Å². The SMILES string of the molecule is CC1=C[C@H](OC(=O)C[C@@H]2CCCO2)CC(C)(C)C1. The normalized spacial score (nSPS) is 30.9.